The molecule has 10 nitrogen and oxygen atoms in total. The number of fused-ring (bicyclic) bond motifs is 3. The topological polar surface area (TPSA) is 158 Å². The fourth-order valence-electron chi connectivity index (χ4n) is 6.03. The van der Waals surface area contributed by atoms with E-state index in [2.05, 4.69) is 16.0 Å². The van der Waals surface area contributed by atoms with Gasteiger partial charge in [0.1, 0.15) is 22.9 Å². The van der Waals surface area contributed by atoms with Gasteiger partial charge in [-0.1, -0.05) is 52.4 Å². The van der Waals surface area contributed by atoms with Gasteiger partial charge in [-0.05, 0) is 54.8 Å². The van der Waals surface area contributed by atoms with Gasteiger partial charge in [-0.15, -0.1) is 0 Å². The van der Waals surface area contributed by atoms with E-state index in [1.165, 1.54) is 30.3 Å². The number of Topliss-reactive ketones (excluding diaryl/α,β-unsaturated/α-hetero) is 1. The van der Waals surface area contributed by atoms with E-state index in [-0.39, 0.29) is 34.6 Å². The Balaban J connectivity index is 0.000000221. The van der Waals surface area contributed by atoms with Crippen LogP contribution in [0.4, 0.5) is 10.5 Å². The van der Waals surface area contributed by atoms with Crippen LogP contribution in [0.1, 0.15) is 63.7 Å². The van der Waals surface area contributed by atoms with Gasteiger partial charge in [0.25, 0.3) is 0 Å². The number of benzene rings is 3. The monoisotopic (exact) mass is 703 g/mol. The molecule has 5 N–H and O–H groups in total. The molecule has 0 aromatic heterocycles. The highest BCUT2D eigenvalue weighted by Crippen LogP contribution is 2.42. The first kappa shape index (κ1) is 35.9. The summed E-state index contributed by atoms with van der Waals surface area (Å²) in [6, 6.07) is 14.6. The highest BCUT2D eigenvalue weighted by atomic mass is 32.2. The number of anilines is 1. The molecule has 0 radical (unpaired) electrons. The number of hydrogen-bond acceptors (Lipinski definition) is 8. The number of thioether (sulfide) groups is 1. The molecule has 2 aromatic carbocycles. The number of phenolic OH excluding ortho intramolecular Hbond substituents is 1. The van der Waals surface area contributed by atoms with Crippen molar-refractivity contribution in [3.05, 3.63) is 70.4 Å². The number of hydrogen-bond donors (Lipinski definition) is 5. The summed E-state index contributed by atoms with van der Waals surface area (Å²) in [4.78, 5) is 47.4. The van der Waals surface area contributed by atoms with E-state index >= 15 is 0 Å². The average molecular weight is 704 g/mol. The van der Waals surface area contributed by atoms with Gasteiger partial charge in [0.05, 0.1) is 22.6 Å². The summed E-state index contributed by atoms with van der Waals surface area (Å²) in [6.07, 6.45) is 3.86. The maximum Gasteiger partial charge on any atom is 0.336 e. The molecule has 258 valence electrons. The zero-order chi connectivity index (χ0) is 35.4. The minimum absolute atomic E-state index is 0.0000295. The minimum Gasteiger partial charge on any atom is -0.508 e. The summed E-state index contributed by atoms with van der Waals surface area (Å²) < 4.78 is 5.84. The lowest BCUT2D eigenvalue weighted by atomic mass is 9.90. The highest BCUT2D eigenvalue weighted by Gasteiger charge is 2.42. The molecule has 49 heavy (non-hydrogen) atoms. The predicted octanol–water partition coefficient (Wildman–Crippen LogP) is 7.30. The molecule has 0 bridgehead atoms. The molecule has 2 amide bonds. The van der Waals surface area contributed by atoms with E-state index in [4.69, 9.17) is 16.6 Å². The van der Waals surface area contributed by atoms with Crippen molar-refractivity contribution in [1.29, 1.82) is 0 Å². The second-order valence-corrected chi connectivity index (χ2v) is 14.7. The Labute approximate surface area is 294 Å². The van der Waals surface area contributed by atoms with Crippen molar-refractivity contribution in [3.63, 3.8) is 0 Å². The standard InChI is InChI=1S/C24H19NO5S.C13H22N2O2S/c1-12(2)23(31)25-13-3-6-16(19(9-13)24(28)29)22-17-7-4-14(26)10-20(17)30-21-11-15(27)5-8-18(21)22;1-8(2)10(16)5-3-4-6-11-12-9(7-18-11)14-13(17)15-12/h3-12,26H,1-2H3,(H,25,31)(H,28,29);8-9,11-12H,3-7H2,1-2H3,(H2,14,15,17)/t;9-,11-,12-/m.0/s1. The lowest BCUT2D eigenvalue weighted by molar-refractivity contribution is -0.122. The summed E-state index contributed by atoms with van der Waals surface area (Å²) in [5.41, 5.74) is 2.42. The molecule has 0 unspecified atom stereocenters. The Morgan fingerprint density at radius 2 is 1.73 bits per heavy atom. The van der Waals surface area contributed by atoms with Crippen molar-refractivity contribution in [2.24, 2.45) is 11.8 Å². The highest BCUT2D eigenvalue weighted by molar-refractivity contribution is 8.00. The van der Waals surface area contributed by atoms with Crippen molar-refractivity contribution < 1.29 is 29.0 Å². The molecule has 6 rings (SSSR count). The third kappa shape index (κ3) is 8.42. The maximum atomic E-state index is 12.2. The first-order valence-corrected chi connectivity index (χ1v) is 17.9. The third-order valence-electron chi connectivity index (χ3n) is 8.73. The van der Waals surface area contributed by atoms with E-state index in [0.717, 1.165) is 25.0 Å². The quantitative estimate of drug-likeness (QED) is 0.0491. The number of rotatable bonds is 10. The van der Waals surface area contributed by atoms with E-state index < -0.39 is 5.97 Å². The number of carboxylic acids is 1. The Morgan fingerprint density at radius 3 is 2.45 bits per heavy atom. The number of phenols is 1. The number of carboxylic acid groups (broad SMARTS) is 1. The van der Waals surface area contributed by atoms with Crippen LogP contribution in [0.5, 0.6) is 5.75 Å². The SMILES string of the molecule is CC(C)C(=O)CCCC[C@@H]1SC[C@@H]2NC(=O)N[C@@H]21.CC(C)C(=S)Nc1ccc(-c2c3ccc(=O)cc-3oc3cc(O)ccc23)c(C(=O)O)c1. The zero-order valence-electron chi connectivity index (χ0n) is 27.9. The molecular formula is C37H41N3O7S2. The van der Waals surface area contributed by atoms with Crippen LogP contribution >= 0.6 is 24.0 Å². The van der Waals surface area contributed by atoms with Gasteiger partial charge < -0.3 is 30.6 Å². The van der Waals surface area contributed by atoms with E-state index in [1.54, 1.807) is 24.3 Å². The Hall–Kier alpha value is -4.42. The number of carbonyl (C=O) groups excluding carboxylic acids is 2. The van der Waals surface area contributed by atoms with Crippen molar-refractivity contribution in [3.8, 4) is 28.2 Å². The van der Waals surface area contributed by atoms with Crippen molar-refractivity contribution in [2.75, 3.05) is 11.1 Å². The Kier molecular flexibility index (Phi) is 11.3. The molecule has 3 atom stereocenters. The second kappa shape index (κ2) is 15.4. The Morgan fingerprint density at radius 1 is 0.980 bits per heavy atom. The lowest BCUT2D eigenvalue weighted by Gasteiger charge is -2.18. The molecule has 2 saturated heterocycles. The summed E-state index contributed by atoms with van der Waals surface area (Å²) in [6.45, 7) is 7.82. The van der Waals surface area contributed by atoms with Gasteiger partial charge in [-0.25, -0.2) is 9.59 Å². The normalized spacial score (nSPS) is 18.2. The van der Waals surface area contributed by atoms with Gasteiger partial charge in [-0.3, -0.25) is 9.59 Å². The summed E-state index contributed by atoms with van der Waals surface area (Å²) in [5, 5.41) is 30.0. The van der Waals surface area contributed by atoms with Crippen molar-refractivity contribution >= 4 is 63.4 Å². The third-order valence-corrected chi connectivity index (χ3v) is 10.8. The number of aromatic carboxylic acids is 1. The van der Waals surface area contributed by atoms with Gasteiger partial charge >= 0.3 is 12.0 Å². The van der Waals surface area contributed by atoms with Crippen LogP contribution in [0.25, 0.3) is 33.4 Å². The van der Waals surface area contributed by atoms with Gasteiger partial charge in [0.2, 0.25) is 0 Å². The molecule has 3 heterocycles. The number of amides is 2. The van der Waals surface area contributed by atoms with Gasteiger partial charge in [0.15, 0.2) is 5.43 Å². The second-order valence-electron chi connectivity index (χ2n) is 13.0. The molecular weight excluding hydrogens is 663 g/mol. The molecule has 3 aliphatic heterocycles. The molecule has 4 aliphatic rings. The fourth-order valence-corrected chi connectivity index (χ4v) is 7.69. The van der Waals surface area contributed by atoms with Gasteiger partial charge in [0, 0.05) is 63.6 Å². The maximum absolute atomic E-state index is 12.2. The fraction of sp³-hybridized carbons (Fsp3) is 0.378. The number of thiocarbonyl (C=S) groups is 1. The Bertz CT molecular complexity index is 1920. The number of aromatic hydroxyl groups is 1. The van der Waals surface area contributed by atoms with Crippen LogP contribution in [0.3, 0.4) is 0 Å². The molecule has 12 heteroatoms. The summed E-state index contributed by atoms with van der Waals surface area (Å²) in [7, 11) is 0. The first-order valence-electron chi connectivity index (χ1n) is 16.4. The van der Waals surface area contributed by atoms with Crippen LogP contribution in [-0.2, 0) is 4.79 Å². The van der Waals surface area contributed by atoms with Crippen LogP contribution in [0, 0.1) is 11.8 Å². The van der Waals surface area contributed by atoms with Gasteiger partial charge in [-0.2, -0.15) is 11.8 Å². The largest absolute Gasteiger partial charge is 0.508 e. The number of unbranched alkanes of at least 4 members (excludes halogenated alkanes) is 1. The molecule has 0 spiro atoms. The van der Waals surface area contributed by atoms with E-state index in [0.29, 0.717) is 73.6 Å². The number of nitrogens with one attached hydrogen (secondary N) is 3. The predicted molar refractivity (Wildman–Crippen MR) is 198 cm³/mol. The molecule has 2 fully saturated rings. The molecule has 0 saturated carbocycles. The van der Waals surface area contributed by atoms with Crippen LogP contribution in [0.2, 0.25) is 0 Å². The lowest BCUT2D eigenvalue weighted by Crippen LogP contribution is -2.36. The van der Waals surface area contributed by atoms with Crippen LogP contribution < -0.4 is 21.4 Å². The number of carbonyl (C=O) groups is 3. The number of urea groups is 1. The number of ketones is 1. The summed E-state index contributed by atoms with van der Waals surface area (Å²) in [5.74, 6) is 0.853. The summed E-state index contributed by atoms with van der Waals surface area (Å²) >= 11 is 7.26. The zero-order valence-corrected chi connectivity index (χ0v) is 29.5. The molecule has 2 aromatic rings. The smallest absolute Gasteiger partial charge is 0.336 e. The van der Waals surface area contributed by atoms with E-state index in [1.807, 2.05) is 39.5 Å². The minimum atomic E-state index is -1.10. The van der Waals surface area contributed by atoms with Crippen molar-refractivity contribution in [2.45, 2.75) is 70.7 Å². The van der Waals surface area contributed by atoms with E-state index in [9.17, 15) is 29.4 Å². The average Bonchev–Trinajstić information content (AvgIpc) is 3.60. The first-order chi connectivity index (χ1) is 23.3. The van der Waals surface area contributed by atoms with Crippen LogP contribution in [-0.4, -0.2) is 56.1 Å². The molecule has 1 aliphatic carbocycles. The van der Waals surface area contributed by atoms with Crippen LogP contribution in [0.15, 0.2) is 63.8 Å². The van der Waals surface area contributed by atoms with Crippen molar-refractivity contribution in [1.82, 2.24) is 10.6 Å².